The number of hydrogen-bond donors (Lipinski definition) is 3. The molecule has 0 saturated carbocycles. The van der Waals surface area contributed by atoms with Crippen LogP contribution in [-0.2, 0) is 21.5 Å². The number of nitrogens with two attached hydrogens (primary N) is 1. The molecule has 1 aromatic heterocycles. The van der Waals surface area contributed by atoms with E-state index in [0.717, 1.165) is 18.7 Å². The summed E-state index contributed by atoms with van der Waals surface area (Å²) in [6.45, 7) is 1.54. The first-order chi connectivity index (χ1) is 11.6. The molecule has 2 heterocycles. The van der Waals surface area contributed by atoms with E-state index in [-0.39, 0.29) is 30.6 Å². The van der Waals surface area contributed by atoms with Crippen molar-refractivity contribution in [2.45, 2.75) is 24.8 Å². The van der Waals surface area contributed by atoms with Crippen molar-refractivity contribution in [3.63, 3.8) is 0 Å². The normalized spacial score (nSPS) is 15.8. The fourth-order valence-corrected chi connectivity index (χ4v) is 3.08. The van der Waals surface area contributed by atoms with Gasteiger partial charge in [0.25, 0.3) is 5.91 Å². The van der Waals surface area contributed by atoms with Crippen LogP contribution in [0.1, 0.15) is 18.4 Å². The van der Waals surface area contributed by atoms with Crippen LogP contribution in [0, 0.1) is 0 Å². The minimum atomic E-state index is -0.680. The van der Waals surface area contributed by atoms with E-state index in [1.54, 1.807) is 35.1 Å². The standard InChI is InChI=1S/C17H21N5O2.ClH/c18-15(23)12-13-2-4-14(5-3-13)21-16(24)17(6-9-19-10-7-17)22-11-1-8-20-22;/h1-5,8,11,19H,6-7,9-10,12H2,(H2,18,23)(H,21,24);1H. The Bertz CT molecular complexity index is 709. The van der Waals surface area contributed by atoms with Gasteiger partial charge in [0.1, 0.15) is 5.54 Å². The van der Waals surface area contributed by atoms with Crippen molar-refractivity contribution in [3.05, 3.63) is 48.3 Å². The van der Waals surface area contributed by atoms with Gasteiger partial charge in [0.2, 0.25) is 5.91 Å². The average Bonchev–Trinajstić information content (AvgIpc) is 3.12. The molecule has 2 aromatic rings. The zero-order valence-electron chi connectivity index (χ0n) is 13.8. The predicted molar refractivity (Wildman–Crippen MR) is 97.5 cm³/mol. The van der Waals surface area contributed by atoms with E-state index in [2.05, 4.69) is 15.7 Å². The highest BCUT2D eigenvalue weighted by molar-refractivity contribution is 5.96. The van der Waals surface area contributed by atoms with Gasteiger partial charge in [-0.1, -0.05) is 12.1 Å². The van der Waals surface area contributed by atoms with E-state index in [1.807, 2.05) is 12.3 Å². The number of anilines is 1. The van der Waals surface area contributed by atoms with Crippen molar-refractivity contribution in [2.24, 2.45) is 5.73 Å². The van der Waals surface area contributed by atoms with Gasteiger partial charge in [0.15, 0.2) is 0 Å². The van der Waals surface area contributed by atoms with Gasteiger partial charge < -0.3 is 16.4 Å². The molecule has 0 atom stereocenters. The van der Waals surface area contributed by atoms with Crippen LogP contribution in [0.3, 0.4) is 0 Å². The number of aromatic nitrogens is 2. The first kappa shape index (κ1) is 19.0. The van der Waals surface area contributed by atoms with Crippen molar-refractivity contribution in [1.82, 2.24) is 15.1 Å². The average molecular weight is 364 g/mol. The molecule has 8 heteroatoms. The second kappa shape index (κ2) is 8.13. The maximum atomic E-state index is 13.0. The zero-order valence-corrected chi connectivity index (χ0v) is 14.6. The van der Waals surface area contributed by atoms with Crippen molar-refractivity contribution in [3.8, 4) is 0 Å². The van der Waals surface area contributed by atoms with Crippen molar-refractivity contribution >= 4 is 29.9 Å². The van der Waals surface area contributed by atoms with Gasteiger partial charge >= 0.3 is 0 Å². The van der Waals surface area contributed by atoms with Crippen molar-refractivity contribution < 1.29 is 9.59 Å². The smallest absolute Gasteiger partial charge is 0.252 e. The zero-order chi connectivity index (χ0) is 17.0. The molecular formula is C17H22ClN5O2. The number of carbonyl (C=O) groups excluding carboxylic acids is 2. The Labute approximate surface area is 152 Å². The van der Waals surface area contributed by atoms with Crippen LogP contribution < -0.4 is 16.4 Å². The molecule has 1 aliphatic heterocycles. The van der Waals surface area contributed by atoms with E-state index in [0.29, 0.717) is 18.5 Å². The van der Waals surface area contributed by atoms with Crippen LogP contribution in [-0.4, -0.2) is 34.7 Å². The molecule has 25 heavy (non-hydrogen) atoms. The highest BCUT2D eigenvalue weighted by Crippen LogP contribution is 2.28. The summed E-state index contributed by atoms with van der Waals surface area (Å²) in [6.07, 6.45) is 5.08. The SMILES string of the molecule is Cl.NC(=O)Cc1ccc(NC(=O)C2(n3cccn3)CCNCC2)cc1. The van der Waals surface area contributed by atoms with Crippen LogP contribution in [0.15, 0.2) is 42.7 Å². The molecule has 0 radical (unpaired) electrons. The molecule has 134 valence electrons. The number of carbonyl (C=O) groups is 2. The molecule has 0 aliphatic carbocycles. The number of primary amides is 1. The van der Waals surface area contributed by atoms with E-state index < -0.39 is 5.54 Å². The van der Waals surface area contributed by atoms with Gasteiger partial charge in [-0.3, -0.25) is 14.3 Å². The summed E-state index contributed by atoms with van der Waals surface area (Å²) in [7, 11) is 0. The Morgan fingerprint density at radius 1 is 1.24 bits per heavy atom. The fraction of sp³-hybridized carbons (Fsp3) is 0.353. The molecule has 2 amide bonds. The van der Waals surface area contributed by atoms with Gasteiger partial charge in [-0.25, -0.2) is 0 Å². The van der Waals surface area contributed by atoms with Gasteiger partial charge in [0, 0.05) is 18.1 Å². The van der Waals surface area contributed by atoms with E-state index in [9.17, 15) is 9.59 Å². The number of benzene rings is 1. The second-order valence-corrected chi connectivity index (χ2v) is 6.03. The molecule has 1 fully saturated rings. The van der Waals surface area contributed by atoms with Gasteiger partial charge in [-0.15, -0.1) is 12.4 Å². The highest BCUT2D eigenvalue weighted by Gasteiger charge is 2.41. The molecule has 3 rings (SSSR count). The number of nitrogens with zero attached hydrogens (tertiary/aromatic N) is 2. The number of amides is 2. The number of piperidine rings is 1. The minimum absolute atomic E-state index is 0. The lowest BCUT2D eigenvalue weighted by molar-refractivity contribution is -0.126. The summed E-state index contributed by atoms with van der Waals surface area (Å²) in [6, 6.07) is 8.99. The van der Waals surface area contributed by atoms with Crippen LogP contribution in [0.4, 0.5) is 5.69 Å². The Morgan fingerprint density at radius 3 is 2.48 bits per heavy atom. The molecular weight excluding hydrogens is 342 g/mol. The topological polar surface area (TPSA) is 102 Å². The van der Waals surface area contributed by atoms with E-state index in [4.69, 9.17) is 5.73 Å². The molecule has 1 saturated heterocycles. The number of halogens is 1. The van der Waals surface area contributed by atoms with Crippen LogP contribution in [0.2, 0.25) is 0 Å². The van der Waals surface area contributed by atoms with Crippen molar-refractivity contribution in [2.75, 3.05) is 18.4 Å². The third-order valence-corrected chi connectivity index (χ3v) is 4.39. The maximum Gasteiger partial charge on any atom is 0.252 e. The van der Waals surface area contributed by atoms with E-state index >= 15 is 0 Å². The van der Waals surface area contributed by atoms with E-state index in [1.165, 1.54) is 0 Å². The first-order valence-corrected chi connectivity index (χ1v) is 8.00. The quantitative estimate of drug-likeness (QED) is 0.738. The third-order valence-electron chi connectivity index (χ3n) is 4.39. The molecule has 0 unspecified atom stereocenters. The number of nitrogens with one attached hydrogen (secondary N) is 2. The molecule has 1 aromatic carbocycles. The second-order valence-electron chi connectivity index (χ2n) is 6.03. The number of rotatable bonds is 5. The lowest BCUT2D eigenvalue weighted by Crippen LogP contribution is -2.52. The van der Waals surface area contributed by atoms with Crippen LogP contribution in [0.5, 0.6) is 0 Å². The van der Waals surface area contributed by atoms with Gasteiger partial charge in [-0.05, 0) is 49.7 Å². The Kier molecular flexibility index (Phi) is 6.17. The van der Waals surface area contributed by atoms with Gasteiger partial charge in [-0.2, -0.15) is 5.10 Å². The summed E-state index contributed by atoms with van der Waals surface area (Å²) < 4.78 is 1.75. The first-order valence-electron chi connectivity index (χ1n) is 8.00. The lowest BCUT2D eigenvalue weighted by atomic mass is 9.87. The van der Waals surface area contributed by atoms with Gasteiger partial charge in [0.05, 0.1) is 6.42 Å². The fourth-order valence-electron chi connectivity index (χ4n) is 3.08. The Balaban J connectivity index is 0.00000225. The Morgan fingerprint density at radius 2 is 1.92 bits per heavy atom. The molecule has 0 bridgehead atoms. The van der Waals surface area contributed by atoms with Crippen molar-refractivity contribution in [1.29, 1.82) is 0 Å². The summed E-state index contributed by atoms with van der Waals surface area (Å²) in [5.74, 6) is -0.450. The monoisotopic (exact) mass is 363 g/mol. The number of hydrogen-bond acceptors (Lipinski definition) is 4. The minimum Gasteiger partial charge on any atom is -0.369 e. The largest absolute Gasteiger partial charge is 0.369 e. The highest BCUT2D eigenvalue weighted by atomic mass is 35.5. The molecule has 0 spiro atoms. The Hall–Kier alpha value is -2.38. The predicted octanol–water partition coefficient (Wildman–Crippen LogP) is 1.05. The summed E-state index contributed by atoms with van der Waals surface area (Å²) in [5.41, 5.74) is 6.02. The molecule has 7 nitrogen and oxygen atoms in total. The maximum absolute atomic E-state index is 13.0. The lowest BCUT2D eigenvalue weighted by Gasteiger charge is -2.36. The summed E-state index contributed by atoms with van der Waals surface area (Å²) in [5, 5.41) is 10.6. The van der Waals surface area contributed by atoms with Crippen LogP contribution in [0.25, 0.3) is 0 Å². The summed E-state index contributed by atoms with van der Waals surface area (Å²) >= 11 is 0. The third kappa shape index (κ3) is 4.18. The summed E-state index contributed by atoms with van der Waals surface area (Å²) in [4.78, 5) is 23.9. The molecule has 4 N–H and O–H groups in total. The van der Waals surface area contributed by atoms with Crippen LogP contribution >= 0.6 is 12.4 Å². The molecule has 1 aliphatic rings.